The van der Waals surface area contributed by atoms with Crippen LogP contribution in [0.5, 0.6) is 0 Å². The molecule has 6 nitrogen and oxygen atoms in total. The molecule has 0 aromatic heterocycles. The number of hydrogen-bond donors (Lipinski definition) is 1. The van der Waals surface area contributed by atoms with Crippen molar-refractivity contribution in [1.82, 2.24) is 0 Å². The van der Waals surface area contributed by atoms with E-state index in [1.165, 1.54) is 0 Å². The molecule has 4 aliphatic rings. The Morgan fingerprint density at radius 2 is 1.41 bits per heavy atom. The zero-order valence-corrected chi connectivity index (χ0v) is 37.6. The lowest BCUT2D eigenvalue weighted by atomic mass is 9.33. The summed E-state index contributed by atoms with van der Waals surface area (Å²) >= 11 is 0. The number of carbonyl (C=O) groups is 4. The van der Waals surface area contributed by atoms with E-state index in [0.29, 0.717) is 43.9 Å². The van der Waals surface area contributed by atoms with E-state index in [1.54, 1.807) is 0 Å². The smallest absolute Gasteiger partial charge is 0.168 e. The van der Waals surface area contributed by atoms with Gasteiger partial charge in [-0.05, 0) is 168 Å². The number of carbonyl (C=O) groups excluding carboxylic acids is 4. The molecular formula is C50H76O6. The third kappa shape index (κ3) is 7.88. The standard InChI is InChI=1S/C50H76O6/c1-31(2)16-15-24-46(13)38(19-17-32(3)4)30-49(27-22-34(7)8)43(52)48(26-21-33(5)6,44(53)50(46,45(49)54)42(51)36(11)12)29-37-18-20-41-40(28-37)39(35(9)10)23-25-47(41,14)56-55/h16-17,21-22,28,35-36,38-41,55H,15,18-20,23-27,29-30H2,1-14H3/t38-,39+,40+,41-,46+,47+,48+,49-,50+/m0/s1. The summed E-state index contributed by atoms with van der Waals surface area (Å²) in [6, 6.07) is 0. The van der Waals surface area contributed by atoms with Crippen molar-refractivity contribution < 1.29 is 29.3 Å². The summed E-state index contributed by atoms with van der Waals surface area (Å²) in [6.07, 6.45) is 16.3. The third-order valence-electron chi connectivity index (χ3n) is 14.9. The first-order valence-corrected chi connectivity index (χ1v) is 21.7. The molecule has 0 radical (unpaired) electrons. The van der Waals surface area contributed by atoms with Crippen LogP contribution in [0.2, 0.25) is 0 Å². The maximum atomic E-state index is 16.5. The molecule has 0 aromatic carbocycles. The zero-order chi connectivity index (χ0) is 42.2. The Balaban J connectivity index is 2.13. The molecule has 3 saturated carbocycles. The fourth-order valence-corrected chi connectivity index (χ4v) is 11.7. The second kappa shape index (κ2) is 17.3. The minimum Gasteiger partial charge on any atom is -0.298 e. The Morgan fingerprint density at radius 3 is 1.95 bits per heavy atom. The van der Waals surface area contributed by atoms with Gasteiger partial charge in [0.05, 0.1) is 10.8 Å². The van der Waals surface area contributed by atoms with Crippen LogP contribution in [-0.2, 0) is 24.1 Å². The number of hydrogen-bond acceptors (Lipinski definition) is 6. The van der Waals surface area contributed by atoms with Gasteiger partial charge >= 0.3 is 0 Å². The monoisotopic (exact) mass is 773 g/mol. The van der Waals surface area contributed by atoms with E-state index >= 15 is 19.2 Å². The summed E-state index contributed by atoms with van der Waals surface area (Å²) in [5.41, 5.74) is -1.49. The number of fused-ring (bicyclic) bond motifs is 3. The van der Waals surface area contributed by atoms with Crippen LogP contribution in [0.1, 0.15) is 168 Å². The molecular weight excluding hydrogens is 697 g/mol. The third-order valence-corrected chi connectivity index (χ3v) is 14.9. The maximum Gasteiger partial charge on any atom is 0.168 e. The van der Waals surface area contributed by atoms with Gasteiger partial charge in [-0.2, -0.15) is 0 Å². The highest BCUT2D eigenvalue weighted by molar-refractivity contribution is 6.40. The van der Waals surface area contributed by atoms with Crippen LogP contribution in [0, 0.1) is 57.2 Å². The Hall–Kier alpha value is -2.70. The van der Waals surface area contributed by atoms with Gasteiger partial charge in [-0.25, -0.2) is 4.89 Å². The van der Waals surface area contributed by atoms with Crippen LogP contribution in [0.15, 0.2) is 58.2 Å². The summed E-state index contributed by atoms with van der Waals surface area (Å²) in [7, 11) is 0. The van der Waals surface area contributed by atoms with E-state index in [-0.39, 0.29) is 48.6 Å². The quantitative estimate of drug-likeness (QED) is 0.0770. The summed E-state index contributed by atoms with van der Waals surface area (Å²) in [6.45, 7) is 28.3. The van der Waals surface area contributed by atoms with Crippen molar-refractivity contribution in [3.05, 3.63) is 58.2 Å². The van der Waals surface area contributed by atoms with Crippen molar-refractivity contribution in [3.8, 4) is 0 Å². The van der Waals surface area contributed by atoms with E-state index in [1.807, 2.05) is 67.5 Å². The lowest BCUT2D eigenvalue weighted by Crippen LogP contribution is -2.77. The Kier molecular flexibility index (Phi) is 14.2. The number of rotatable bonds is 15. The number of allylic oxidation sites excluding steroid dienone is 10. The van der Waals surface area contributed by atoms with Gasteiger partial charge in [-0.3, -0.25) is 24.4 Å². The number of ketones is 4. The van der Waals surface area contributed by atoms with E-state index in [4.69, 9.17) is 4.89 Å². The van der Waals surface area contributed by atoms with Crippen molar-refractivity contribution in [1.29, 1.82) is 0 Å². The lowest BCUT2D eigenvalue weighted by Gasteiger charge is -2.64. The lowest BCUT2D eigenvalue weighted by molar-refractivity contribution is -0.346. The van der Waals surface area contributed by atoms with Crippen molar-refractivity contribution in [2.45, 2.75) is 173 Å². The highest BCUT2D eigenvalue weighted by atomic mass is 17.1. The van der Waals surface area contributed by atoms with Crippen molar-refractivity contribution >= 4 is 23.1 Å². The maximum absolute atomic E-state index is 16.5. The Bertz CT molecular complexity index is 1690. The normalized spacial score (nSPS) is 35.4. The van der Waals surface area contributed by atoms with E-state index < -0.39 is 44.7 Å². The highest BCUT2D eigenvalue weighted by Gasteiger charge is 2.81. The average molecular weight is 773 g/mol. The summed E-state index contributed by atoms with van der Waals surface area (Å²) in [5, 5.41) is 10.2. The molecule has 0 unspecified atom stereocenters. The molecule has 0 heterocycles. The first-order valence-electron chi connectivity index (χ1n) is 21.7. The first kappa shape index (κ1) is 46.0. The van der Waals surface area contributed by atoms with Gasteiger partial charge in [0.25, 0.3) is 0 Å². The summed E-state index contributed by atoms with van der Waals surface area (Å²) in [5.74, 6) is -1.40. The van der Waals surface area contributed by atoms with Gasteiger partial charge in [0.2, 0.25) is 0 Å². The van der Waals surface area contributed by atoms with Crippen LogP contribution in [0.25, 0.3) is 0 Å². The van der Waals surface area contributed by atoms with Gasteiger partial charge in [0.15, 0.2) is 28.5 Å². The van der Waals surface area contributed by atoms with Gasteiger partial charge in [-0.1, -0.05) is 92.9 Å². The SMILES string of the molecule is CC(C)=CCC[C@]1(C)[C@@H](CC=C(C)C)C[C@@]2(CC=C(C)C)C(=O)[C@@](CC=C(C)C)(CC3=C[C@@H]4[C@@H](C(C)C)CC[C@@](C)(OO)[C@H]4CC3)C(=O)[C@]1(C(=O)C(C)C)C2=O. The fourth-order valence-electron chi connectivity index (χ4n) is 11.7. The highest BCUT2D eigenvalue weighted by Crippen LogP contribution is 2.70. The minimum absolute atomic E-state index is 0.0944. The first-order chi connectivity index (χ1) is 26.0. The largest absolute Gasteiger partial charge is 0.298 e. The molecule has 0 amide bonds. The van der Waals surface area contributed by atoms with Crippen LogP contribution < -0.4 is 0 Å². The number of Topliss-reactive ketones (excluding diaryl/α,β-unsaturated/α-hetero) is 4. The molecule has 6 heteroatoms. The van der Waals surface area contributed by atoms with Crippen molar-refractivity contribution in [3.63, 3.8) is 0 Å². The molecule has 56 heavy (non-hydrogen) atoms. The average Bonchev–Trinajstić information content (AvgIpc) is 3.11. The second-order valence-corrected chi connectivity index (χ2v) is 20.6. The summed E-state index contributed by atoms with van der Waals surface area (Å²) in [4.78, 5) is 69.3. The minimum atomic E-state index is -1.99. The molecule has 4 rings (SSSR count). The molecule has 0 spiro atoms. The van der Waals surface area contributed by atoms with Crippen LogP contribution in [-0.4, -0.2) is 34.0 Å². The molecule has 1 N–H and O–H groups in total. The molecule has 4 aliphatic carbocycles. The summed E-state index contributed by atoms with van der Waals surface area (Å²) < 4.78 is 0. The van der Waals surface area contributed by atoms with Gasteiger partial charge in [-0.15, -0.1) is 0 Å². The van der Waals surface area contributed by atoms with Crippen LogP contribution >= 0.6 is 0 Å². The Morgan fingerprint density at radius 1 is 0.821 bits per heavy atom. The molecule has 9 atom stereocenters. The molecule has 0 aromatic rings. The predicted octanol–water partition coefficient (Wildman–Crippen LogP) is 12.4. The van der Waals surface area contributed by atoms with E-state index in [9.17, 15) is 5.26 Å². The predicted molar refractivity (Wildman–Crippen MR) is 228 cm³/mol. The Labute approximate surface area is 340 Å². The zero-order valence-electron chi connectivity index (χ0n) is 37.6. The molecule has 2 bridgehead atoms. The molecule has 312 valence electrons. The molecule has 0 saturated heterocycles. The van der Waals surface area contributed by atoms with Gasteiger partial charge < -0.3 is 0 Å². The topological polar surface area (TPSA) is 97.7 Å². The van der Waals surface area contributed by atoms with Crippen LogP contribution in [0.3, 0.4) is 0 Å². The fraction of sp³-hybridized carbons (Fsp3) is 0.720. The van der Waals surface area contributed by atoms with E-state index in [0.717, 1.165) is 47.1 Å². The van der Waals surface area contributed by atoms with Crippen LogP contribution in [0.4, 0.5) is 0 Å². The second-order valence-electron chi connectivity index (χ2n) is 20.6. The van der Waals surface area contributed by atoms with E-state index in [2.05, 4.69) is 59.8 Å². The van der Waals surface area contributed by atoms with Crippen molar-refractivity contribution in [2.24, 2.45) is 57.2 Å². The molecule has 3 fully saturated rings. The van der Waals surface area contributed by atoms with Gasteiger partial charge in [0, 0.05) is 5.92 Å². The molecule has 0 aliphatic heterocycles. The van der Waals surface area contributed by atoms with Gasteiger partial charge in [0.1, 0.15) is 5.60 Å². The van der Waals surface area contributed by atoms with Crippen molar-refractivity contribution in [2.75, 3.05) is 0 Å².